The first-order valence-electron chi connectivity index (χ1n) is 5.17. The Morgan fingerprint density at radius 1 is 1.25 bits per heavy atom. The summed E-state index contributed by atoms with van der Waals surface area (Å²) in [4.78, 5) is 0. The van der Waals surface area contributed by atoms with Gasteiger partial charge in [0, 0.05) is 6.54 Å². The number of ether oxygens (including phenoxy) is 1. The van der Waals surface area contributed by atoms with Gasteiger partial charge in [0.25, 0.3) is 0 Å². The molecule has 16 heavy (non-hydrogen) atoms. The molecule has 1 N–H and O–H groups in total. The zero-order valence-corrected chi connectivity index (χ0v) is 10.4. The molecule has 0 atom stereocenters. The number of hydrogen-bond acceptors (Lipinski definition) is 3. The fourth-order valence-electron chi connectivity index (χ4n) is 1.25. The summed E-state index contributed by atoms with van der Waals surface area (Å²) in [6, 6.07) is 7.59. The van der Waals surface area contributed by atoms with Crippen LogP contribution < -0.4 is 9.46 Å². The van der Waals surface area contributed by atoms with Crippen LogP contribution in [-0.4, -0.2) is 27.8 Å². The Bertz CT molecular complexity index is 411. The molecule has 0 heterocycles. The van der Waals surface area contributed by atoms with Crippen molar-refractivity contribution in [2.24, 2.45) is 0 Å². The lowest BCUT2D eigenvalue weighted by Crippen LogP contribution is -2.27. The molecule has 1 aromatic carbocycles. The van der Waals surface area contributed by atoms with E-state index < -0.39 is 10.0 Å². The molecule has 0 aliphatic rings. The minimum absolute atomic E-state index is 0.121. The third-order valence-electron chi connectivity index (χ3n) is 2.27. The van der Waals surface area contributed by atoms with Crippen LogP contribution in [0.25, 0.3) is 0 Å². The van der Waals surface area contributed by atoms with Gasteiger partial charge in [0.2, 0.25) is 10.0 Å². The van der Waals surface area contributed by atoms with Crippen LogP contribution in [0.15, 0.2) is 24.3 Å². The van der Waals surface area contributed by atoms with Crippen molar-refractivity contribution >= 4 is 10.0 Å². The molecule has 0 radical (unpaired) electrons. The van der Waals surface area contributed by atoms with Crippen molar-refractivity contribution in [2.45, 2.75) is 13.3 Å². The molecular weight excluding hydrogens is 226 g/mol. The Morgan fingerprint density at radius 3 is 2.38 bits per heavy atom. The van der Waals surface area contributed by atoms with Crippen molar-refractivity contribution in [3.05, 3.63) is 29.8 Å². The van der Waals surface area contributed by atoms with Gasteiger partial charge in [-0.25, -0.2) is 13.1 Å². The second-order valence-electron chi connectivity index (χ2n) is 3.40. The van der Waals surface area contributed by atoms with Gasteiger partial charge in [-0.2, -0.15) is 0 Å². The largest absolute Gasteiger partial charge is 0.497 e. The minimum atomic E-state index is -3.08. The van der Waals surface area contributed by atoms with Gasteiger partial charge in [0.15, 0.2) is 0 Å². The van der Waals surface area contributed by atoms with Gasteiger partial charge in [-0.1, -0.05) is 12.1 Å². The summed E-state index contributed by atoms with van der Waals surface area (Å²) in [7, 11) is -1.46. The maximum atomic E-state index is 11.2. The lowest BCUT2D eigenvalue weighted by Gasteiger charge is -2.05. The van der Waals surface area contributed by atoms with Crippen molar-refractivity contribution in [2.75, 3.05) is 19.4 Å². The third-order valence-corrected chi connectivity index (χ3v) is 3.68. The molecule has 0 amide bonds. The molecule has 0 spiro atoms. The summed E-state index contributed by atoms with van der Waals surface area (Å²) >= 11 is 0. The highest BCUT2D eigenvalue weighted by atomic mass is 32.2. The normalized spacial score (nSPS) is 11.4. The average Bonchev–Trinajstić information content (AvgIpc) is 2.30. The van der Waals surface area contributed by atoms with Crippen molar-refractivity contribution in [1.82, 2.24) is 4.72 Å². The van der Waals surface area contributed by atoms with Crippen molar-refractivity contribution in [1.29, 1.82) is 0 Å². The summed E-state index contributed by atoms with van der Waals surface area (Å²) < 4.78 is 29.9. The lowest BCUT2D eigenvalue weighted by molar-refractivity contribution is 0.414. The van der Waals surface area contributed by atoms with Gasteiger partial charge < -0.3 is 4.74 Å². The van der Waals surface area contributed by atoms with Crippen LogP contribution in [-0.2, 0) is 16.4 Å². The summed E-state index contributed by atoms with van der Waals surface area (Å²) in [5.41, 5.74) is 1.08. The first kappa shape index (κ1) is 13.0. The van der Waals surface area contributed by atoms with Gasteiger partial charge >= 0.3 is 0 Å². The molecule has 0 aliphatic carbocycles. The summed E-state index contributed by atoms with van der Waals surface area (Å²) in [6.45, 7) is 2.05. The van der Waals surface area contributed by atoms with E-state index in [2.05, 4.69) is 4.72 Å². The number of hydrogen-bond donors (Lipinski definition) is 1. The Kier molecular flexibility index (Phi) is 4.76. The van der Waals surface area contributed by atoms with E-state index in [1.54, 1.807) is 14.0 Å². The molecule has 0 aromatic heterocycles. The van der Waals surface area contributed by atoms with Crippen LogP contribution in [0.2, 0.25) is 0 Å². The molecule has 0 fully saturated rings. The summed E-state index contributed by atoms with van der Waals surface area (Å²) in [5, 5.41) is 0. The van der Waals surface area contributed by atoms with E-state index in [9.17, 15) is 8.42 Å². The number of rotatable bonds is 6. The molecular formula is C11H17NO3S. The topological polar surface area (TPSA) is 55.4 Å². The lowest BCUT2D eigenvalue weighted by atomic mass is 10.1. The number of sulfonamides is 1. The summed E-state index contributed by atoms with van der Waals surface area (Å²) in [6.07, 6.45) is 0.684. The second kappa shape index (κ2) is 5.86. The van der Waals surface area contributed by atoms with E-state index >= 15 is 0 Å². The van der Waals surface area contributed by atoms with Gasteiger partial charge in [-0.3, -0.25) is 0 Å². The van der Waals surface area contributed by atoms with Crippen LogP contribution in [0.1, 0.15) is 12.5 Å². The molecule has 90 valence electrons. The van der Waals surface area contributed by atoms with E-state index in [-0.39, 0.29) is 5.75 Å². The van der Waals surface area contributed by atoms with Gasteiger partial charge in [0.1, 0.15) is 5.75 Å². The first-order chi connectivity index (χ1) is 7.57. The highest BCUT2D eigenvalue weighted by Crippen LogP contribution is 2.11. The number of methoxy groups -OCH3 is 1. The number of benzene rings is 1. The van der Waals surface area contributed by atoms with Crippen LogP contribution in [0.5, 0.6) is 5.75 Å². The van der Waals surface area contributed by atoms with Crippen LogP contribution in [0.3, 0.4) is 0 Å². The molecule has 0 aliphatic heterocycles. The molecule has 4 nitrogen and oxygen atoms in total. The molecule has 1 rings (SSSR count). The van der Waals surface area contributed by atoms with Crippen molar-refractivity contribution in [3.8, 4) is 5.75 Å². The van der Waals surface area contributed by atoms with Gasteiger partial charge in [-0.05, 0) is 31.0 Å². The quantitative estimate of drug-likeness (QED) is 0.816. The predicted molar refractivity (Wildman–Crippen MR) is 64.2 cm³/mol. The smallest absolute Gasteiger partial charge is 0.211 e. The van der Waals surface area contributed by atoms with Crippen LogP contribution in [0.4, 0.5) is 0 Å². The zero-order valence-electron chi connectivity index (χ0n) is 9.56. The maximum Gasteiger partial charge on any atom is 0.211 e. The van der Waals surface area contributed by atoms with Gasteiger partial charge in [0.05, 0.1) is 12.9 Å². The Morgan fingerprint density at radius 2 is 1.88 bits per heavy atom. The molecule has 0 unspecified atom stereocenters. The fraction of sp³-hybridized carbons (Fsp3) is 0.455. The van der Waals surface area contributed by atoms with E-state index in [4.69, 9.17) is 4.74 Å². The van der Waals surface area contributed by atoms with Gasteiger partial charge in [-0.15, -0.1) is 0 Å². The summed E-state index contributed by atoms with van der Waals surface area (Å²) in [5.74, 6) is 0.924. The van der Waals surface area contributed by atoms with E-state index in [0.29, 0.717) is 13.0 Å². The van der Waals surface area contributed by atoms with Crippen LogP contribution in [0, 0.1) is 0 Å². The van der Waals surface area contributed by atoms with E-state index in [1.165, 1.54) is 0 Å². The highest BCUT2D eigenvalue weighted by Gasteiger charge is 2.04. The Balaban J connectivity index is 2.43. The molecule has 0 bridgehead atoms. The molecule has 5 heteroatoms. The highest BCUT2D eigenvalue weighted by molar-refractivity contribution is 7.89. The third kappa shape index (κ3) is 4.20. The van der Waals surface area contributed by atoms with Crippen molar-refractivity contribution < 1.29 is 13.2 Å². The Hall–Kier alpha value is -1.07. The molecule has 0 saturated carbocycles. The predicted octanol–water partition coefficient (Wildman–Crippen LogP) is 1.18. The monoisotopic (exact) mass is 243 g/mol. The SMILES string of the molecule is CCS(=O)(=O)NCCc1ccc(OC)cc1. The molecule has 0 saturated heterocycles. The molecule has 1 aromatic rings. The maximum absolute atomic E-state index is 11.2. The standard InChI is InChI=1S/C11H17NO3S/c1-3-16(13,14)12-9-8-10-4-6-11(15-2)7-5-10/h4-7,12H,3,8-9H2,1-2H3. The first-order valence-corrected chi connectivity index (χ1v) is 6.83. The van der Waals surface area contributed by atoms with E-state index in [0.717, 1.165) is 11.3 Å². The van der Waals surface area contributed by atoms with Crippen LogP contribution >= 0.6 is 0 Å². The van der Waals surface area contributed by atoms with E-state index in [1.807, 2.05) is 24.3 Å². The average molecular weight is 243 g/mol. The van der Waals surface area contributed by atoms with Crippen molar-refractivity contribution in [3.63, 3.8) is 0 Å². The fourth-order valence-corrected chi connectivity index (χ4v) is 1.86. The second-order valence-corrected chi connectivity index (χ2v) is 5.49. The zero-order chi connectivity index (χ0) is 12.0. The Labute approximate surface area is 96.7 Å². The minimum Gasteiger partial charge on any atom is -0.497 e. The number of nitrogens with one attached hydrogen (secondary N) is 1.